The van der Waals surface area contributed by atoms with Gasteiger partial charge in [0, 0.05) is 23.1 Å². The van der Waals surface area contributed by atoms with Crippen molar-refractivity contribution in [3.8, 4) is 28.5 Å². The van der Waals surface area contributed by atoms with E-state index >= 15 is 0 Å². The van der Waals surface area contributed by atoms with E-state index in [2.05, 4.69) is 10.2 Å². The molecule has 3 aromatic rings. The molecule has 0 radical (unpaired) electrons. The zero-order valence-electron chi connectivity index (χ0n) is 15.9. The largest absolute Gasteiger partial charge is 0.493 e. The SMILES string of the molecule is COc1cc(-c2cc(/C=C3\Cc4ccccc4C3=O)[nH]n2)cc(OC)c1OC. The normalized spacial score (nSPS) is 14.2. The molecule has 0 unspecified atom stereocenters. The number of rotatable bonds is 5. The minimum absolute atomic E-state index is 0.0690. The minimum Gasteiger partial charge on any atom is -0.493 e. The number of nitrogens with one attached hydrogen (secondary N) is 1. The summed E-state index contributed by atoms with van der Waals surface area (Å²) < 4.78 is 16.2. The molecule has 0 saturated carbocycles. The van der Waals surface area contributed by atoms with Crippen LogP contribution in [0.5, 0.6) is 17.2 Å². The molecule has 0 bridgehead atoms. The highest BCUT2D eigenvalue weighted by Gasteiger charge is 2.24. The zero-order chi connectivity index (χ0) is 19.7. The van der Waals surface area contributed by atoms with Crippen LogP contribution in [0.15, 0.2) is 48.0 Å². The molecule has 1 aliphatic rings. The second kappa shape index (κ2) is 7.23. The lowest BCUT2D eigenvalue weighted by Crippen LogP contribution is -1.95. The molecular weight excluding hydrogens is 356 g/mol. The van der Waals surface area contributed by atoms with Crippen LogP contribution in [0, 0.1) is 0 Å². The van der Waals surface area contributed by atoms with Gasteiger partial charge in [0.15, 0.2) is 17.3 Å². The first-order valence-corrected chi connectivity index (χ1v) is 8.83. The standard InChI is InChI=1S/C22H20N2O4/c1-26-19-10-14(11-20(27-2)22(19)28-3)18-12-16(23-24-18)9-15-8-13-6-4-5-7-17(13)21(15)25/h4-7,9-12H,8H2,1-3H3,(H,23,24)/b15-9+. The van der Waals surface area contributed by atoms with E-state index in [1.807, 2.05) is 48.5 Å². The van der Waals surface area contributed by atoms with Crippen molar-refractivity contribution in [2.45, 2.75) is 6.42 Å². The van der Waals surface area contributed by atoms with Crippen LogP contribution in [0.2, 0.25) is 0 Å². The number of fused-ring (bicyclic) bond motifs is 1. The molecule has 0 amide bonds. The highest BCUT2D eigenvalue weighted by Crippen LogP contribution is 2.41. The first kappa shape index (κ1) is 17.9. The number of allylic oxidation sites excluding steroid dienone is 1. The first-order chi connectivity index (χ1) is 13.6. The number of benzene rings is 2. The summed E-state index contributed by atoms with van der Waals surface area (Å²) in [4.78, 5) is 12.6. The number of hydrogen-bond donors (Lipinski definition) is 1. The fourth-order valence-electron chi connectivity index (χ4n) is 3.45. The number of ether oxygens (including phenoxy) is 3. The zero-order valence-corrected chi connectivity index (χ0v) is 15.9. The molecule has 6 nitrogen and oxygen atoms in total. The molecule has 0 spiro atoms. The van der Waals surface area contributed by atoms with Crippen molar-refractivity contribution < 1.29 is 19.0 Å². The average Bonchev–Trinajstić information content (AvgIpc) is 3.32. The third-order valence-corrected chi connectivity index (χ3v) is 4.82. The molecule has 2 aromatic carbocycles. The predicted molar refractivity (Wildman–Crippen MR) is 106 cm³/mol. The average molecular weight is 376 g/mol. The molecule has 28 heavy (non-hydrogen) atoms. The van der Waals surface area contributed by atoms with Gasteiger partial charge in [0.1, 0.15) is 0 Å². The van der Waals surface area contributed by atoms with Gasteiger partial charge in [-0.05, 0) is 29.8 Å². The Morgan fingerprint density at radius 2 is 1.71 bits per heavy atom. The number of nitrogens with zero attached hydrogens (tertiary/aromatic N) is 1. The van der Waals surface area contributed by atoms with Crippen molar-refractivity contribution in [2.24, 2.45) is 0 Å². The smallest absolute Gasteiger partial charge is 0.203 e. The van der Waals surface area contributed by atoms with Crippen LogP contribution >= 0.6 is 0 Å². The number of ketones is 1. The Morgan fingerprint density at radius 1 is 1.00 bits per heavy atom. The monoisotopic (exact) mass is 376 g/mol. The van der Waals surface area contributed by atoms with Gasteiger partial charge in [0.2, 0.25) is 5.75 Å². The van der Waals surface area contributed by atoms with Gasteiger partial charge in [-0.15, -0.1) is 0 Å². The van der Waals surface area contributed by atoms with Crippen LogP contribution < -0.4 is 14.2 Å². The third kappa shape index (κ3) is 3.03. The van der Waals surface area contributed by atoms with Crippen molar-refractivity contribution in [1.29, 1.82) is 0 Å². The number of aromatic nitrogens is 2. The molecule has 0 atom stereocenters. The van der Waals surface area contributed by atoms with E-state index in [1.165, 1.54) is 0 Å². The van der Waals surface area contributed by atoms with E-state index < -0.39 is 0 Å². The number of methoxy groups -OCH3 is 3. The Kier molecular flexibility index (Phi) is 4.61. The maximum Gasteiger partial charge on any atom is 0.203 e. The Labute approximate surface area is 162 Å². The van der Waals surface area contributed by atoms with Crippen LogP contribution in [0.1, 0.15) is 21.6 Å². The second-order valence-electron chi connectivity index (χ2n) is 6.46. The van der Waals surface area contributed by atoms with Crippen LogP contribution in [-0.4, -0.2) is 37.3 Å². The quantitative estimate of drug-likeness (QED) is 0.683. The van der Waals surface area contributed by atoms with Crippen molar-refractivity contribution >= 4 is 11.9 Å². The van der Waals surface area contributed by atoms with Crippen LogP contribution in [0.4, 0.5) is 0 Å². The molecule has 1 aromatic heterocycles. The lowest BCUT2D eigenvalue weighted by molar-refractivity contribution is 0.104. The van der Waals surface area contributed by atoms with Gasteiger partial charge in [-0.3, -0.25) is 9.89 Å². The van der Waals surface area contributed by atoms with E-state index in [1.54, 1.807) is 21.3 Å². The van der Waals surface area contributed by atoms with Crippen LogP contribution in [0.25, 0.3) is 17.3 Å². The van der Waals surface area contributed by atoms with Gasteiger partial charge >= 0.3 is 0 Å². The number of aromatic amines is 1. The van der Waals surface area contributed by atoms with Crippen molar-refractivity contribution in [3.05, 3.63) is 64.9 Å². The molecule has 142 valence electrons. The topological polar surface area (TPSA) is 73.4 Å². The van der Waals surface area contributed by atoms with E-state index in [4.69, 9.17) is 14.2 Å². The lowest BCUT2D eigenvalue weighted by Gasteiger charge is -2.13. The van der Waals surface area contributed by atoms with Gasteiger partial charge in [-0.2, -0.15) is 5.10 Å². The van der Waals surface area contributed by atoms with E-state index in [0.717, 1.165) is 28.0 Å². The summed E-state index contributed by atoms with van der Waals surface area (Å²) in [7, 11) is 4.71. The summed E-state index contributed by atoms with van der Waals surface area (Å²) in [5, 5.41) is 7.37. The number of carbonyl (C=O) groups excluding carboxylic acids is 1. The van der Waals surface area contributed by atoms with Gasteiger partial charge in [0.05, 0.1) is 32.7 Å². The van der Waals surface area contributed by atoms with Gasteiger partial charge in [0.25, 0.3) is 0 Å². The molecule has 4 rings (SSSR count). The molecule has 1 N–H and O–H groups in total. The Morgan fingerprint density at radius 3 is 2.36 bits per heavy atom. The third-order valence-electron chi connectivity index (χ3n) is 4.82. The molecular formula is C22H20N2O4. The van der Waals surface area contributed by atoms with Crippen LogP contribution in [0.3, 0.4) is 0 Å². The summed E-state index contributed by atoms with van der Waals surface area (Å²) in [6, 6.07) is 13.3. The maximum atomic E-state index is 12.6. The van der Waals surface area contributed by atoms with Crippen molar-refractivity contribution in [2.75, 3.05) is 21.3 Å². The molecule has 6 heteroatoms. The maximum absolute atomic E-state index is 12.6. The van der Waals surface area contributed by atoms with E-state index in [-0.39, 0.29) is 5.78 Å². The van der Waals surface area contributed by atoms with Crippen molar-refractivity contribution in [3.63, 3.8) is 0 Å². The highest BCUT2D eigenvalue weighted by atomic mass is 16.5. The number of carbonyl (C=O) groups is 1. The van der Waals surface area contributed by atoms with E-state index in [9.17, 15) is 4.79 Å². The lowest BCUT2D eigenvalue weighted by atomic mass is 10.1. The second-order valence-corrected chi connectivity index (χ2v) is 6.46. The Hall–Kier alpha value is -3.54. The van der Waals surface area contributed by atoms with Gasteiger partial charge in [-0.1, -0.05) is 24.3 Å². The number of hydrogen-bond acceptors (Lipinski definition) is 5. The molecule has 1 heterocycles. The van der Waals surface area contributed by atoms with Crippen molar-refractivity contribution in [1.82, 2.24) is 10.2 Å². The van der Waals surface area contributed by atoms with Gasteiger partial charge < -0.3 is 14.2 Å². The first-order valence-electron chi connectivity index (χ1n) is 8.83. The summed E-state index contributed by atoms with van der Waals surface area (Å²) in [6.07, 6.45) is 2.49. The fourth-order valence-corrected chi connectivity index (χ4v) is 3.45. The minimum atomic E-state index is 0.0690. The predicted octanol–water partition coefficient (Wildman–Crippen LogP) is 3.92. The van der Waals surface area contributed by atoms with Gasteiger partial charge in [-0.25, -0.2) is 0 Å². The fraction of sp³-hybridized carbons (Fsp3) is 0.182. The number of H-pyrrole nitrogens is 1. The molecule has 0 fully saturated rings. The van der Waals surface area contributed by atoms with E-state index in [0.29, 0.717) is 29.4 Å². The molecule has 1 aliphatic carbocycles. The Balaban J connectivity index is 1.67. The number of Topliss-reactive ketones (excluding diaryl/α,β-unsaturated/α-hetero) is 1. The summed E-state index contributed by atoms with van der Waals surface area (Å²) in [5.41, 5.74) is 4.88. The summed E-state index contributed by atoms with van der Waals surface area (Å²) in [6.45, 7) is 0. The Bertz CT molecular complexity index is 1060. The summed E-state index contributed by atoms with van der Waals surface area (Å²) >= 11 is 0. The summed E-state index contributed by atoms with van der Waals surface area (Å²) in [5.74, 6) is 1.71. The van der Waals surface area contributed by atoms with Crippen LogP contribution in [-0.2, 0) is 6.42 Å². The highest BCUT2D eigenvalue weighted by molar-refractivity contribution is 6.15. The molecule has 0 aliphatic heterocycles. The molecule has 0 saturated heterocycles.